The van der Waals surface area contributed by atoms with E-state index in [1.54, 1.807) is 6.07 Å². The van der Waals surface area contributed by atoms with Crippen LogP contribution < -0.4 is 10.7 Å². The van der Waals surface area contributed by atoms with Gasteiger partial charge in [0, 0.05) is 12.6 Å². The fraction of sp³-hybridized carbons (Fsp3) is 0.0625. The second-order valence-corrected chi connectivity index (χ2v) is 4.68. The molecule has 122 valence electrons. The third-order valence-electron chi connectivity index (χ3n) is 3.01. The molecule has 0 saturated carbocycles. The van der Waals surface area contributed by atoms with Crippen molar-refractivity contribution in [3.05, 3.63) is 75.8 Å². The minimum Gasteiger partial charge on any atom is -0.344 e. The van der Waals surface area contributed by atoms with Crippen LogP contribution in [-0.2, 0) is 16.1 Å². The maximum absolute atomic E-state index is 11.6. The Hall–Kier alpha value is -3.55. The SMILES string of the molecule is O=C(NCc1ccccc1)C(=O)NN=Cc1ccccc1[N+](=O)[O-]. The number of benzene rings is 2. The number of nitro benzene ring substituents is 1. The van der Waals surface area contributed by atoms with Gasteiger partial charge in [-0.25, -0.2) is 5.43 Å². The number of carbonyl (C=O) groups is 2. The quantitative estimate of drug-likeness (QED) is 0.374. The average Bonchev–Trinajstić information content (AvgIpc) is 2.60. The Kier molecular flexibility index (Phi) is 5.73. The van der Waals surface area contributed by atoms with Crippen molar-refractivity contribution >= 4 is 23.7 Å². The molecule has 0 fully saturated rings. The predicted octanol–water partition coefficient (Wildman–Crippen LogP) is 1.36. The zero-order chi connectivity index (χ0) is 17.4. The molecule has 0 atom stereocenters. The highest BCUT2D eigenvalue weighted by Gasteiger charge is 2.13. The maximum atomic E-state index is 11.6. The van der Waals surface area contributed by atoms with Crippen LogP contribution in [0.2, 0.25) is 0 Å². The first-order chi connectivity index (χ1) is 11.6. The number of nitro groups is 1. The van der Waals surface area contributed by atoms with E-state index in [1.165, 1.54) is 18.2 Å². The Morgan fingerprint density at radius 3 is 2.42 bits per heavy atom. The molecule has 0 aliphatic carbocycles. The van der Waals surface area contributed by atoms with Crippen molar-refractivity contribution in [3.8, 4) is 0 Å². The van der Waals surface area contributed by atoms with E-state index in [2.05, 4.69) is 10.4 Å². The molecule has 24 heavy (non-hydrogen) atoms. The zero-order valence-corrected chi connectivity index (χ0v) is 12.5. The van der Waals surface area contributed by atoms with Crippen molar-refractivity contribution in [1.82, 2.24) is 10.7 Å². The summed E-state index contributed by atoms with van der Waals surface area (Å²) in [5.74, 6) is -1.81. The van der Waals surface area contributed by atoms with Crippen molar-refractivity contribution in [2.75, 3.05) is 0 Å². The summed E-state index contributed by atoms with van der Waals surface area (Å²) in [5, 5.41) is 16.9. The highest BCUT2D eigenvalue weighted by Crippen LogP contribution is 2.14. The van der Waals surface area contributed by atoms with Crippen molar-refractivity contribution < 1.29 is 14.5 Å². The molecule has 0 heterocycles. The topological polar surface area (TPSA) is 114 Å². The molecule has 2 aromatic carbocycles. The van der Waals surface area contributed by atoms with E-state index < -0.39 is 16.7 Å². The van der Waals surface area contributed by atoms with E-state index in [1.807, 2.05) is 35.8 Å². The number of nitrogens with zero attached hydrogens (tertiary/aromatic N) is 2. The first-order valence-corrected chi connectivity index (χ1v) is 6.96. The van der Waals surface area contributed by atoms with Crippen LogP contribution in [0.4, 0.5) is 5.69 Å². The van der Waals surface area contributed by atoms with E-state index >= 15 is 0 Å². The second-order valence-electron chi connectivity index (χ2n) is 4.68. The minimum absolute atomic E-state index is 0.149. The number of nitrogens with one attached hydrogen (secondary N) is 2. The van der Waals surface area contributed by atoms with Gasteiger partial charge in [-0.15, -0.1) is 0 Å². The van der Waals surface area contributed by atoms with E-state index in [-0.39, 0.29) is 17.8 Å². The molecule has 8 nitrogen and oxygen atoms in total. The van der Waals surface area contributed by atoms with Gasteiger partial charge in [-0.1, -0.05) is 42.5 Å². The number of hydrogen-bond acceptors (Lipinski definition) is 5. The van der Waals surface area contributed by atoms with Crippen LogP contribution in [0.5, 0.6) is 0 Å². The van der Waals surface area contributed by atoms with Crippen LogP contribution in [0.15, 0.2) is 59.7 Å². The van der Waals surface area contributed by atoms with Crippen LogP contribution in [0.3, 0.4) is 0 Å². The Labute approximate surface area is 137 Å². The monoisotopic (exact) mass is 326 g/mol. The summed E-state index contributed by atoms with van der Waals surface area (Å²) in [7, 11) is 0. The smallest absolute Gasteiger partial charge is 0.329 e. The third-order valence-corrected chi connectivity index (χ3v) is 3.01. The molecule has 0 saturated heterocycles. The summed E-state index contributed by atoms with van der Waals surface area (Å²) in [4.78, 5) is 33.5. The molecule has 8 heteroatoms. The maximum Gasteiger partial charge on any atom is 0.329 e. The summed E-state index contributed by atoms with van der Waals surface area (Å²) >= 11 is 0. The van der Waals surface area contributed by atoms with Crippen LogP contribution in [0.1, 0.15) is 11.1 Å². The van der Waals surface area contributed by atoms with Gasteiger partial charge in [0.25, 0.3) is 5.69 Å². The lowest BCUT2D eigenvalue weighted by Crippen LogP contribution is -2.37. The lowest BCUT2D eigenvalue weighted by molar-refractivity contribution is -0.385. The van der Waals surface area contributed by atoms with Gasteiger partial charge in [0.05, 0.1) is 16.7 Å². The molecule has 0 radical (unpaired) electrons. The summed E-state index contributed by atoms with van der Waals surface area (Å²) in [5.41, 5.74) is 2.94. The fourth-order valence-corrected chi connectivity index (χ4v) is 1.83. The van der Waals surface area contributed by atoms with Crippen LogP contribution >= 0.6 is 0 Å². The number of hydrogen-bond donors (Lipinski definition) is 2. The highest BCUT2D eigenvalue weighted by atomic mass is 16.6. The number of rotatable bonds is 5. The van der Waals surface area contributed by atoms with Gasteiger partial charge in [0.1, 0.15) is 0 Å². The summed E-state index contributed by atoms with van der Waals surface area (Å²) < 4.78 is 0. The molecule has 2 rings (SSSR count). The Morgan fingerprint density at radius 2 is 1.71 bits per heavy atom. The Balaban J connectivity index is 1.88. The third kappa shape index (κ3) is 4.73. The summed E-state index contributed by atoms with van der Waals surface area (Å²) in [6, 6.07) is 15.0. The molecule has 0 aliphatic rings. The molecule has 0 unspecified atom stereocenters. The molecule has 0 aromatic heterocycles. The van der Waals surface area contributed by atoms with Crippen molar-refractivity contribution in [2.24, 2.45) is 5.10 Å². The molecular formula is C16H14N4O4. The van der Waals surface area contributed by atoms with Crippen molar-refractivity contribution in [1.29, 1.82) is 0 Å². The summed E-state index contributed by atoms with van der Waals surface area (Å²) in [6.45, 7) is 0.209. The Morgan fingerprint density at radius 1 is 1.04 bits per heavy atom. The largest absolute Gasteiger partial charge is 0.344 e. The number of carbonyl (C=O) groups excluding carboxylic acids is 2. The first-order valence-electron chi connectivity index (χ1n) is 6.96. The normalized spacial score (nSPS) is 10.3. The average molecular weight is 326 g/mol. The standard InChI is InChI=1S/C16H14N4O4/c21-15(17-10-12-6-2-1-3-7-12)16(22)19-18-11-13-8-4-5-9-14(13)20(23)24/h1-9,11H,10H2,(H,17,21)(H,19,22). The molecule has 2 amide bonds. The lowest BCUT2D eigenvalue weighted by Gasteiger charge is -2.03. The molecular weight excluding hydrogens is 312 g/mol. The Bertz CT molecular complexity index is 775. The molecule has 2 N–H and O–H groups in total. The van der Waals surface area contributed by atoms with Gasteiger partial charge < -0.3 is 5.32 Å². The van der Waals surface area contributed by atoms with E-state index in [9.17, 15) is 19.7 Å². The molecule has 0 spiro atoms. The fourth-order valence-electron chi connectivity index (χ4n) is 1.83. The molecule has 0 bridgehead atoms. The van der Waals surface area contributed by atoms with Gasteiger partial charge in [-0.2, -0.15) is 5.10 Å². The van der Waals surface area contributed by atoms with E-state index in [0.29, 0.717) is 0 Å². The van der Waals surface area contributed by atoms with E-state index in [0.717, 1.165) is 11.8 Å². The highest BCUT2D eigenvalue weighted by molar-refractivity contribution is 6.35. The molecule has 0 aliphatic heterocycles. The minimum atomic E-state index is -0.958. The van der Waals surface area contributed by atoms with Crippen LogP contribution in [0, 0.1) is 10.1 Å². The summed E-state index contributed by atoms with van der Waals surface area (Å²) in [6.07, 6.45) is 1.11. The van der Waals surface area contributed by atoms with Crippen LogP contribution in [-0.4, -0.2) is 23.0 Å². The number of para-hydroxylation sites is 1. The second kappa shape index (κ2) is 8.18. The van der Waals surface area contributed by atoms with Crippen molar-refractivity contribution in [2.45, 2.75) is 6.54 Å². The van der Waals surface area contributed by atoms with Crippen LogP contribution in [0.25, 0.3) is 0 Å². The molecule has 2 aromatic rings. The zero-order valence-electron chi connectivity index (χ0n) is 12.5. The van der Waals surface area contributed by atoms with Gasteiger partial charge in [-0.05, 0) is 11.6 Å². The first kappa shape index (κ1) is 16.8. The van der Waals surface area contributed by atoms with Gasteiger partial charge in [0.2, 0.25) is 0 Å². The van der Waals surface area contributed by atoms with E-state index in [4.69, 9.17) is 0 Å². The number of amides is 2. The van der Waals surface area contributed by atoms with Gasteiger partial charge in [0.15, 0.2) is 0 Å². The van der Waals surface area contributed by atoms with Gasteiger partial charge in [-0.3, -0.25) is 19.7 Å². The lowest BCUT2D eigenvalue weighted by atomic mass is 10.2. The number of hydrazone groups is 1. The van der Waals surface area contributed by atoms with Gasteiger partial charge >= 0.3 is 11.8 Å². The van der Waals surface area contributed by atoms with Crippen molar-refractivity contribution in [3.63, 3.8) is 0 Å². The predicted molar refractivity (Wildman–Crippen MR) is 87.1 cm³/mol.